The van der Waals surface area contributed by atoms with Gasteiger partial charge in [0.15, 0.2) is 0 Å². The number of nitrogens with one attached hydrogen (secondary N) is 1. The molecule has 0 aromatic rings. The lowest BCUT2D eigenvalue weighted by Crippen LogP contribution is -2.38. The van der Waals surface area contributed by atoms with E-state index >= 15 is 0 Å². The Labute approximate surface area is 110 Å². The summed E-state index contributed by atoms with van der Waals surface area (Å²) in [5.41, 5.74) is 0. The minimum atomic E-state index is -3.48. The summed E-state index contributed by atoms with van der Waals surface area (Å²) in [6.45, 7) is 3.92. The van der Waals surface area contributed by atoms with Gasteiger partial charge in [-0.2, -0.15) is 0 Å². The van der Waals surface area contributed by atoms with Crippen molar-refractivity contribution in [2.75, 3.05) is 5.75 Å². The largest absolute Gasteiger partial charge is 0.274 e. The van der Waals surface area contributed by atoms with Crippen LogP contribution in [0.1, 0.15) is 46.0 Å². The molecule has 104 valence electrons. The van der Waals surface area contributed by atoms with E-state index in [0.717, 1.165) is 25.7 Å². The Balaban J connectivity index is 2.49. The van der Waals surface area contributed by atoms with Gasteiger partial charge in [-0.1, -0.05) is 32.4 Å². The first-order chi connectivity index (χ1) is 8.44. The van der Waals surface area contributed by atoms with Crippen LogP contribution in [0.5, 0.6) is 0 Å². The van der Waals surface area contributed by atoms with Crippen molar-refractivity contribution in [1.82, 2.24) is 4.72 Å². The first-order valence-electron chi connectivity index (χ1n) is 6.64. The molecule has 0 saturated carbocycles. The van der Waals surface area contributed by atoms with Crippen LogP contribution in [0.25, 0.3) is 0 Å². The lowest BCUT2D eigenvalue weighted by molar-refractivity contribution is -0.123. The van der Waals surface area contributed by atoms with Gasteiger partial charge in [0.2, 0.25) is 15.9 Å². The number of rotatable bonds is 6. The van der Waals surface area contributed by atoms with Crippen LogP contribution in [0.15, 0.2) is 12.2 Å². The van der Waals surface area contributed by atoms with Crippen molar-refractivity contribution in [3.8, 4) is 0 Å². The third-order valence-corrected chi connectivity index (χ3v) is 4.70. The van der Waals surface area contributed by atoms with E-state index in [0.29, 0.717) is 6.42 Å². The molecule has 5 heteroatoms. The highest BCUT2D eigenvalue weighted by Gasteiger charge is 2.24. The Morgan fingerprint density at radius 3 is 2.72 bits per heavy atom. The summed E-state index contributed by atoms with van der Waals surface area (Å²) in [4.78, 5) is 11.8. The summed E-state index contributed by atoms with van der Waals surface area (Å²) < 4.78 is 25.9. The van der Waals surface area contributed by atoms with Crippen LogP contribution in [0.4, 0.5) is 0 Å². The normalized spacial score (nSPS) is 21.6. The van der Waals surface area contributed by atoms with Gasteiger partial charge in [-0.15, -0.1) is 0 Å². The average Bonchev–Trinajstić information content (AvgIpc) is 2.29. The highest BCUT2D eigenvalue weighted by atomic mass is 32.2. The number of hydrogen-bond acceptors (Lipinski definition) is 3. The maximum absolute atomic E-state index is 11.8. The molecule has 1 rings (SSSR count). The molecule has 2 atom stereocenters. The predicted molar refractivity (Wildman–Crippen MR) is 72.5 cm³/mol. The fourth-order valence-corrected chi connectivity index (χ4v) is 3.73. The van der Waals surface area contributed by atoms with Gasteiger partial charge in [0.05, 0.1) is 5.75 Å². The molecule has 1 amide bonds. The number of carbonyl (C=O) groups is 1. The smallest absolute Gasteiger partial charge is 0.236 e. The highest BCUT2D eigenvalue weighted by molar-refractivity contribution is 7.90. The number of carbonyl (C=O) groups excluding carboxylic acids is 1. The van der Waals surface area contributed by atoms with E-state index in [1.54, 1.807) is 0 Å². The van der Waals surface area contributed by atoms with Gasteiger partial charge in [0, 0.05) is 5.92 Å². The molecule has 18 heavy (non-hydrogen) atoms. The van der Waals surface area contributed by atoms with Crippen LogP contribution in [0.2, 0.25) is 0 Å². The lowest BCUT2D eigenvalue weighted by atomic mass is 9.94. The topological polar surface area (TPSA) is 63.2 Å². The van der Waals surface area contributed by atoms with Crippen molar-refractivity contribution in [1.29, 1.82) is 0 Å². The van der Waals surface area contributed by atoms with Crippen molar-refractivity contribution in [2.45, 2.75) is 46.0 Å². The number of allylic oxidation sites excluding steroid dienone is 2. The van der Waals surface area contributed by atoms with Crippen molar-refractivity contribution in [3.05, 3.63) is 12.2 Å². The second kappa shape index (κ2) is 6.92. The number of sulfonamides is 1. The summed E-state index contributed by atoms with van der Waals surface area (Å²) in [5.74, 6) is -0.407. The Bertz CT molecular complexity index is 400. The van der Waals surface area contributed by atoms with Crippen LogP contribution in [-0.2, 0) is 14.8 Å². The maximum atomic E-state index is 11.8. The summed E-state index contributed by atoms with van der Waals surface area (Å²) in [6.07, 6.45) is 8.03. The van der Waals surface area contributed by atoms with Crippen LogP contribution >= 0.6 is 0 Å². The molecule has 0 fully saturated rings. The highest BCUT2D eigenvalue weighted by Crippen LogP contribution is 2.18. The van der Waals surface area contributed by atoms with Crippen molar-refractivity contribution < 1.29 is 13.2 Å². The second-order valence-electron chi connectivity index (χ2n) is 5.12. The molecule has 0 saturated heterocycles. The summed E-state index contributed by atoms with van der Waals surface area (Å²) in [6, 6.07) is 0. The van der Waals surface area contributed by atoms with E-state index < -0.39 is 10.0 Å². The molecule has 1 aliphatic rings. The average molecular weight is 273 g/mol. The third-order valence-electron chi connectivity index (χ3n) is 3.18. The van der Waals surface area contributed by atoms with E-state index in [1.807, 2.05) is 26.0 Å². The minimum Gasteiger partial charge on any atom is -0.274 e. The first-order valence-corrected chi connectivity index (χ1v) is 8.29. The Morgan fingerprint density at radius 1 is 1.44 bits per heavy atom. The zero-order chi connectivity index (χ0) is 13.6. The molecule has 1 aliphatic carbocycles. The summed E-state index contributed by atoms with van der Waals surface area (Å²) in [5, 5.41) is 0. The SMILES string of the molecule is CCC[C@@H](C)CS(=O)(=O)NC(=O)[C@@H]1CC=CCC1. The second-order valence-corrected chi connectivity index (χ2v) is 6.89. The first kappa shape index (κ1) is 15.2. The molecule has 4 nitrogen and oxygen atoms in total. The quantitative estimate of drug-likeness (QED) is 0.755. The maximum Gasteiger partial charge on any atom is 0.236 e. The van der Waals surface area contributed by atoms with Gasteiger partial charge in [0.25, 0.3) is 0 Å². The van der Waals surface area contributed by atoms with Crippen LogP contribution in [-0.4, -0.2) is 20.1 Å². The Hall–Kier alpha value is -0.840. The zero-order valence-corrected chi connectivity index (χ0v) is 12.0. The van der Waals surface area contributed by atoms with Gasteiger partial charge in [-0.25, -0.2) is 8.42 Å². The zero-order valence-electron chi connectivity index (χ0n) is 11.2. The van der Waals surface area contributed by atoms with Crippen molar-refractivity contribution in [3.63, 3.8) is 0 Å². The van der Waals surface area contributed by atoms with Gasteiger partial charge in [-0.3, -0.25) is 9.52 Å². The lowest BCUT2D eigenvalue weighted by Gasteiger charge is -2.18. The van der Waals surface area contributed by atoms with Gasteiger partial charge in [-0.05, 0) is 31.6 Å². The molecule has 0 unspecified atom stereocenters. The fourth-order valence-electron chi connectivity index (χ4n) is 2.26. The molecule has 0 radical (unpaired) electrons. The minimum absolute atomic E-state index is 0.0368. The Morgan fingerprint density at radius 2 is 2.17 bits per heavy atom. The molecular weight excluding hydrogens is 250 g/mol. The molecule has 0 spiro atoms. The van der Waals surface area contributed by atoms with E-state index in [2.05, 4.69) is 4.72 Å². The molecule has 0 aromatic heterocycles. The molecule has 0 aromatic carbocycles. The standard InChI is InChI=1S/C13H23NO3S/c1-3-7-11(2)10-18(16,17)14-13(15)12-8-5-4-6-9-12/h4-5,11-12H,3,6-10H2,1-2H3,(H,14,15)/t11-,12-/m1/s1. The number of amides is 1. The molecule has 1 N–H and O–H groups in total. The Kier molecular flexibility index (Phi) is 5.85. The molecular formula is C13H23NO3S. The molecule has 0 heterocycles. The van der Waals surface area contributed by atoms with Crippen LogP contribution in [0.3, 0.4) is 0 Å². The van der Waals surface area contributed by atoms with Gasteiger partial charge in [0.1, 0.15) is 0 Å². The van der Waals surface area contributed by atoms with E-state index in [9.17, 15) is 13.2 Å². The predicted octanol–water partition coefficient (Wildman–Crippen LogP) is 2.22. The monoisotopic (exact) mass is 273 g/mol. The van der Waals surface area contributed by atoms with Crippen LogP contribution < -0.4 is 4.72 Å². The van der Waals surface area contributed by atoms with E-state index in [1.165, 1.54) is 0 Å². The van der Waals surface area contributed by atoms with E-state index in [4.69, 9.17) is 0 Å². The van der Waals surface area contributed by atoms with Crippen molar-refractivity contribution >= 4 is 15.9 Å². The molecule has 0 bridgehead atoms. The third kappa shape index (κ3) is 5.21. The number of hydrogen-bond donors (Lipinski definition) is 1. The fraction of sp³-hybridized carbons (Fsp3) is 0.769. The summed E-state index contributed by atoms with van der Waals surface area (Å²) >= 11 is 0. The summed E-state index contributed by atoms with van der Waals surface area (Å²) in [7, 11) is -3.48. The van der Waals surface area contributed by atoms with E-state index in [-0.39, 0.29) is 23.5 Å². The van der Waals surface area contributed by atoms with Gasteiger partial charge < -0.3 is 0 Å². The van der Waals surface area contributed by atoms with Crippen LogP contribution in [0, 0.1) is 11.8 Å². The molecule has 0 aliphatic heterocycles. The van der Waals surface area contributed by atoms with Gasteiger partial charge >= 0.3 is 0 Å². The van der Waals surface area contributed by atoms with Crippen molar-refractivity contribution in [2.24, 2.45) is 11.8 Å².